The van der Waals surface area contributed by atoms with Crippen molar-refractivity contribution in [3.05, 3.63) is 41.5 Å². The number of carbonyl (C=O) groups excluding carboxylic acids is 1. The van der Waals surface area contributed by atoms with Gasteiger partial charge in [0.25, 0.3) is 0 Å². The van der Waals surface area contributed by atoms with Crippen LogP contribution in [0.5, 0.6) is 0 Å². The van der Waals surface area contributed by atoms with Crippen LogP contribution in [0.3, 0.4) is 0 Å². The number of nitrogens with zero attached hydrogens (tertiary/aromatic N) is 5. The first-order valence-electron chi connectivity index (χ1n) is 9.52. The van der Waals surface area contributed by atoms with Gasteiger partial charge < -0.3 is 14.8 Å². The van der Waals surface area contributed by atoms with Crippen LogP contribution in [-0.2, 0) is 18.3 Å². The van der Waals surface area contributed by atoms with E-state index in [1.807, 2.05) is 30.7 Å². The van der Waals surface area contributed by atoms with Crippen LogP contribution in [-0.4, -0.2) is 27.5 Å². The molecule has 29 heavy (non-hydrogen) atoms. The Kier molecular flexibility index (Phi) is 4.66. The van der Waals surface area contributed by atoms with Crippen molar-refractivity contribution in [2.75, 3.05) is 17.3 Å². The fourth-order valence-electron chi connectivity index (χ4n) is 3.42. The molecule has 0 radical (unpaired) electrons. The van der Waals surface area contributed by atoms with Crippen molar-refractivity contribution in [2.24, 2.45) is 13.0 Å². The SMILES string of the molecule is CCc1cc(C#N)cc(F)c1N(C)c1cc2c(ncn2C)c(NC(=O)C2CC2)n1. The van der Waals surface area contributed by atoms with Crippen LogP contribution >= 0.6 is 0 Å². The molecule has 3 aromatic rings. The largest absolute Gasteiger partial charge is 0.334 e. The summed E-state index contributed by atoms with van der Waals surface area (Å²) in [4.78, 5) is 22.9. The molecule has 0 atom stereocenters. The quantitative estimate of drug-likeness (QED) is 0.716. The molecule has 1 fully saturated rings. The Morgan fingerprint density at radius 3 is 2.83 bits per heavy atom. The van der Waals surface area contributed by atoms with Gasteiger partial charge in [-0.1, -0.05) is 6.92 Å². The molecule has 7 nitrogen and oxygen atoms in total. The number of hydrogen-bond acceptors (Lipinski definition) is 5. The lowest BCUT2D eigenvalue weighted by atomic mass is 10.1. The molecule has 2 heterocycles. The summed E-state index contributed by atoms with van der Waals surface area (Å²) < 4.78 is 16.7. The average molecular weight is 392 g/mol. The van der Waals surface area contributed by atoms with Gasteiger partial charge in [-0.2, -0.15) is 5.26 Å². The van der Waals surface area contributed by atoms with Crippen molar-refractivity contribution in [3.63, 3.8) is 0 Å². The predicted octanol–water partition coefficient (Wildman–Crippen LogP) is 3.66. The number of benzene rings is 1. The van der Waals surface area contributed by atoms with Crippen molar-refractivity contribution in [2.45, 2.75) is 26.2 Å². The third kappa shape index (κ3) is 3.40. The van der Waals surface area contributed by atoms with E-state index in [-0.39, 0.29) is 17.4 Å². The molecule has 1 aliphatic rings. The van der Waals surface area contributed by atoms with Gasteiger partial charge in [-0.25, -0.2) is 14.4 Å². The van der Waals surface area contributed by atoms with E-state index in [0.717, 1.165) is 18.4 Å². The van der Waals surface area contributed by atoms with Crippen LogP contribution in [0.4, 0.5) is 21.7 Å². The lowest BCUT2D eigenvalue weighted by Crippen LogP contribution is -2.19. The topological polar surface area (TPSA) is 86.8 Å². The van der Waals surface area contributed by atoms with Crippen LogP contribution in [0.15, 0.2) is 24.5 Å². The van der Waals surface area contributed by atoms with Crippen molar-refractivity contribution >= 4 is 34.3 Å². The summed E-state index contributed by atoms with van der Waals surface area (Å²) in [5.41, 5.74) is 2.72. The number of halogens is 1. The number of rotatable bonds is 5. The normalized spacial score (nSPS) is 13.3. The van der Waals surface area contributed by atoms with Gasteiger partial charge in [0.15, 0.2) is 5.82 Å². The fourth-order valence-corrected chi connectivity index (χ4v) is 3.42. The Morgan fingerprint density at radius 2 is 2.17 bits per heavy atom. The second-order valence-corrected chi connectivity index (χ2v) is 7.31. The molecule has 1 N–H and O–H groups in total. The highest BCUT2D eigenvalue weighted by Crippen LogP contribution is 2.35. The molecule has 0 saturated heterocycles. The Hall–Kier alpha value is -3.47. The number of anilines is 3. The smallest absolute Gasteiger partial charge is 0.228 e. The van der Waals surface area contributed by atoms with Gasteiger partial charge in [0.2, 0.25) is 5.91 Å². The number of amides is 1. The van der Waals surface area contributed by atoms with E-state index in [9.17, 15) is 9.18 Å². The van der Waals surface area contributed by atoms with Gasteiger partial charge >= 0.3 is 0 Å². The van der Waals surface area contributed by atoms with Gasteiger partial charge in [-0.3, -0.25) is 4.79 Å². The maximum Gasteiger partial charge on any atom is 0.228 e. The lowest BCUT2D eigenvalue weighted by molar-refractivity contribution is -0.117. The summed E-state index contributed by atoms with van der Waals surface area (Å²) in [6.45, 7) is 1.91. The van der Waals surface area contributed by atoms with E-state index in [4.69, 9.17) is 5.26 Å². The van der Waals surface area contributed by atoms with Crippen molar-refractivity contribution in [3.8, 4) is 6.07 Å². The standard InChI is InChI=1S/C21H21FN6O/c1-4-13-7-12(10-23)8-15(22)19(13)28(3)17-9-16-18(24-11-27(16)2)20(25-17)26-21(29)14-5-6-14/h7-9,11,14H,4-6H2,1-3H3,(H,25,26,29). The van der Waals surface area contributed by atoms with Crippen LogP contribution in [0.1, 0.15) is 30.9 Å². The molecular formula is C21H21FN6O. The number of nitriles is 1. The maximum absolute atomic E-state index is 14.9. The molecule has 2 aromatic heterocycles. The predicted molar refractivity (Wildman–Crippen MR) is 108 cm³/mol. The summed E-state index contributed by atoms with van der Waals surface area (Å²) in [6.07, 6.45) is 3.98. The number of carbonyl (C=O) groups is 1. The minimum Gasteiger partial charge on any atom is -0.334 e. The zero-order chi connectivity index (χ0) is 20.7. The summed E-state index contributed by atoms with van der Waals surface area (Å²) in [5, 5.41) is 12.0. The molecule has 8 heteroatoms. The Bertz CT molecular complexity index is 1160. The van der Waals surface area contributed by atoms with Gasteiger partial charge in [-0.15, -0.1) is 0 Å². The van der Waals surface area contributed by atoms with E-state index < -0.39 is 5.82 Å². The third-order valence-electron chi connectivity index (χ3n) is 5.22. The third-order valence-corrected chi connectivity index (χ3v) is 5.22. The molecule has 148 valence electrons. The monoisotopic (exact) mass is 392 g/mol. The molecule has 0 spiro atoms. The second-order valence-electron chi connectivity index (χ2n) is 7.31. The minimum absolute atomic E-state index is 0.0274. The molecule has 0 bridgehead atoms. The molecule has 1 aliphatic carbocycles. The molecule has 1 saturated carbocycles. The van der Waals surface area contributed by atoms with Crippen LogP contribution < -0.4 is 10.2 Å². The highest BCUT2D eigenvalue weighted by atomic mass is 19.1. The van der Waals surface area contributed by atoms with E-state index in [0.29, 0.717) is 34.8 Å². The van der Waals surface area contributed by atoms with Gasteiger partial charge in [0.1, 0.15) is 17.2 Å². The molecule has 1 aromatic carbocycles. The van der Waals surface area contributed by atoms with E-state index in [2.05, 4.69) is 15.3 Å². The zero-order valence-corrected chi connectivity index (χ0v) is 16.5. The van der Waals surface area contributed by atoms with Gasteiger partial charge in [-0.05, 0) is 37.0 Å². The van der Waals surface area contributed by atoms with Crippen molar-refractivity contribution in [1.29, 1.82) is 5.26 Å². The summed E-state index contributed by atoms with van der Waals surface area (Å²) in [5.74, 6) is 0.320. The van der Waals surface area contributed by atoms with Gasteiger partial charge in [0.05, 0.1) is 29.2 Å². The summed E-state index contributed by atoms with van der Waals surface area (Å²) in [6, 6.07) is 6.72. The first-order valence-corrected chi connectivity index (χ1v) is 9.52. The number of nitrogens with one attached hydrogen (secondary N) is 1. The number of hydrogen-bond donors (Lipinski definition) is 1. The number of imidazole rings is 1. The fraction of sp³-hybridized carbons (Fsp3) is 0.333. The van der Waals surface area contributed by atoms with Crippen LogP contribution in [0.2, 0.25) is 0 Å². The maximum atomic E-state index is 14.9. The highest BCUT2D eigenvalue weighted by Gasteiger charge is 2.30. The zero-order valence-electron chi connectivity index (χ0n) is 16.5. The minimum atomic E-state index is -0.487. The number of fused-ring (bicyclic) bond motifs is 1. The molecule has 1 amide bonds. The van der Waals surface area contributed by atoms with E-state index in [1.54, 1.807) is 24.3 Å². The summed E-state index contributed by atoms with van der Waals surface area (Å²) in [7, 11) is 3.58. The highest BCUT2D eigenvalue weighted by molar-refractivity contribution is 6.00. The number of pyridine rings is 1. The average Bonchev–Trinajstić information content (AvgIpc) is 3.50. The Morgan fingerprint density at radius 1 is 1.41 bits per heavy atom. The van der Waals surface area contributed by atoms with E-state index >= 15 is 0 Å². The van der Waals surface area contributed by atoms with Crippen molar-refractivity contribution in [1.82, 2.24) is 14.5 Å². The second kappa shape index (κ2) is 7.17. The number of aryl methyl sites for hydroxylation is 2. The van der Waals surface area contributed by atoms with Gasteiger partial charge in [0, 0.05) is 26.1 Å². The Balaban J connectivity index is 1.82. The first kappa shape index (κ1) is 18.9. The molecular weight excluding hydrogens is 371 g/mol. The first-order chi connectivity index (χ1) is 13.9. The van der Waals surface area contributed by atoms with E-state index in [1.165, 1.54) is 6.07 Å². The van der Waals surface area contributed by atoms with Crippen LogP contribution in [0.25, 0.3) is 11.0 Å². The molecule has 4 rings (SSSR count). The molecule has 0 unspecified atom stereocenters. The summed E-state index contributed by atoms with van der Waals surface area (Å²) >= 11 is 0. The van der Waals surface area contributed by atoms with Crippen LogP contribution in [0, 0.1) is 23.1 Å². The lowest BCUT2D eigenvalue weighted by Gasteiger charge is -2.23. The van der Waals surface area contributed by atoms with Crippen molar-refractivity contribution < 1.29 is 9.18 Å². The number of aromatic nitrogens is 3. The molecule has 0 aliphatic heterocycles. The Labute approximate surface area is 167 Å².